The summed E-state index contributed by atoms with van der Waals surface area (Å²) in [6.07, 6.45) is 11.5. The predicted octanol–water partition coefficient (Wildman–Crippen LogP) is 2.57. The van der Waals surface area contributed by atoms with Gasteiger partial charge in [0.15, 0.2) is 0 Å². The third-order valence-electron chi connectivity index (χ3n) is 2.41. The minimum Gasteiger partial charge on any atom is -0.379 e. The molecule has 0 aliphatic heterocycles. The first-order valence-electron chi connectivity index (χ1n) is 5.89. The summed E-state index contributed by atoms with van der Waals surface area (Å²) in [5.74, 6) is 0. The van der Waals surface area contributed by atoms with Crippen LogP contribution in [0.25, 0.3) is 0 Å². The highest BCUT2D eigenvalue weighted by Crippen LogP contribution is 2.08. The molecule has 0 aliphatic carbocycles. The van der Waals surface area contributed by atoms with Crippen LogP contribution in [-0.2, 0) is 9.53 Å². The summed E-state index contributed by atoms with van der Waals surface area (Å²) in [5, 5.41) is 2.55. The molecule has 0 aromatic carbocycles. The van der Waals surface area contributed by atoms with Gasteiger partial charge >= 0.3 is 6.41 Å². The van der Waals surface area contributed by atoms with Gasteiger partial charge in [-0.05, 0) is 12.8 Å². The number of ether oxygens (including phenoxy) is 1. The summed E-state index contributed by atoms with van der Waals surface area (Å²) in [4.78, 5) is 9.81. The molecule has 15 heavy (non-hydrogen) atoms. The normalized spacial score (nSPS) is 10.2. The van der Waals surface area contributed by atoms with Gasteiger partial charge in [-0.15, -0.1) is 0 Å². The molecule has 1 amide bonds. The monoisotopic (exact) mass is 213 g/mol. The zero-order valence-electron chi connectivity index (χ0n) is 9.59. The Morgan fingerprint density at radius 3 is 2.00 bits per heavy atom. The van der Waals surface area contributed by atoms with Crippen molar-refractivity contribution in [3.8, 4) is 0 Å². The molecule has 0 heterocycles. The number of hydrogen-bond donors (Lipinski definition) is 1. The van der Waals surface area contributed by atoms with Crippen LogP contribution in [0.4, 0.5) is 0 Å². The highest BCUT2D eigenvalue weighted by atomic mass is 16.5. The van der Waals surface area contributed by atoms with E-state index in [1.165, 1.54) is 38.5 Å². The van der Waals surface area contributed by atoms with Crippen LogP contribution in [0.3, 0.4) is 0 Å². The third-order valence-corrected chi connectivity index (χ3v) is 2.41. The van der Waals surface area contributed by atoms with E-state index in [4.69, 9.17) is 4.74 Å². The van der Waals surface area contributed by atoms with Gasteiger partial charge in [0.25, 0.3) is 0 Å². The van der Waals surface area contributed by atoms with Crippen molar-refractivity contribution < 1.29 is 9.53 Å². The predicted molar refractivity (Wildman–Crippen MR) is 61.9 cm³/mol. The molecule has 0 atom stereocenters. The van der Waals surface area contributed by atoms with Crippen LogP contribution in [0.15, 0.2) is 0 Å². The summed E-state index contributed by atoms with van der Waals surface area (Å²) in [6.45, 7) is 1.55. The van der Waals surface area contributed by atoms with Crippen molar-refractivity contribution in [2.24, 2.45) is 0 Å². The van der Waals surface area contributed by atoms with Crippen molar-refractivity contribution in [3.63, 3.8) is 0 Å². The minimum atomic E-state index is 0.768. The highest BCUT2D eigenvalue weighted by molar-refractivity contribution is 5.46. The van der Waals surface area contributed by atoms with Gasteiger partial charge in [-0.25, -0.2) is 0 Å². The van der Waals surface area contributed by atoms with Crippen LogP contribution >= 0.6 is 0 Å². The fourth-order valence-electron chi connectivity index (χ4n) is 1.53. The highest BCUT2D eigenvalue weighted by Gasteiger charge is 1.92. The first-order chi connectivity index (χ1) is 7.41. The van der Waals surface area contributed by atoms with Gasteiger partial charge in [0.05, 0.1) is 7.11 Å². The van der Waals surface area contributed by atoms with Crippen molar-refractivity contribution in [2.75, 3.05) is 13.2 Å². The van der Waals surface area contributed by atoms with Gasteiger partial charge in [-0.3, -0.25) is 4.79 Å². The zero-order chi connectivity index (χ0) is 11.2. The van der Waals surface area contributed by atoms with Crippen molar-refractivity contribution in [3.05, 3.63) is 7.11 Å². The Morgan fingerprint density at radius 2 is 1.47 bits per heavy atom. The molecule has 0 saturated heterocycles. The van der Waals surface area contributed by atoms with Gasteiger partial charge in [0.2, 0.25) is 0 Å². The largest absolute Gasteiger partial charge is 0.379 e. The molecule has 0 bridgehead atoms. The molecule has 0 rings (SSSR count). The van der Waals surface area contributed by atoms with E-state index in [-0.39, 0.29) is 0 Å². The lowest BCUT2D eigenvalue weighted by Gasteiger charge is -2.01. The second-order valence-electron chi connectivity index (χ2n) is 3.77. The molecular formula is C12H23NO2. The number of rotatable bonds is 12. The summed E-state index contributed by atoms with van der Waals surface area (Å²) in [7, 11) is 3.34. The molecule has 0 aromatic rings. The van der Waals surface area contributed by atoms with Gasteiger partial charge in [0, 0.05) is 13.2 Å². The Morgan fingerprint density at radius 1 is 0.933 bits per heavy atom. The van der Waals surface area contributed by atoms with Crippen LogP contribution < -0.4 is 5.32 Å². The molecule has 0 aliphatic rings. The maximum atomic E-state index is 9.81. The molecule has 0 fully saturated rings. The van der Waals surface area contributed by atoms with E-state index in [0.29, 0.717) is 0 Å². The van der Waals surface area contributed by atoms with Crippen LogP contribution in [0, 0.1) is 7.11 Å². The Kier molecular flexibility index (Phi) is 12.9. The second kappa shape index (κ2) is 13.4. The van der Waals surface area contributed by atoms with E-state index in [1.54, 1.807) is 6.41 Å². The van der Waals surface area contributed by atoms with Gasteiger partial charge in [-0.2, -0.15) is 0 Å². The van der Waals surface area contributed by atoms with E-state index < -0.39 is 0 Å². The fourth-order valence-corrected chi connectivity index (χ4v) is 1.53. The Balaban J connectivity index is 2.83. The van der Waals surface area contributed by atoms with E-state index >= 15 is 0 Å². The lowest BCUT2D eigenvalue weighted by molar-refractivity contribution is 0.233. The van der Waals surface area contributed by atoms with E-state index in [9.17, 15) is 4.79 Å². The second-order valence-corrected chi connectivity index (χ2v) is 3.77. The van der Waals surface area contributed by atoms with Crippen LogP contribution in [0.2, 0.25) is 0 Å². The van der Waals surface area contributed by atoms with Gasteiger partial charge in [-0.1, -0.05) is 38.5 Å². The average molecular weight is 213 g/mol. The number of hydrogen-bond acceptors (Lipinski definition) is 2. The molecule has 88 valence electrons. The Labute approximate surface area is 93.6 Å². The third kappa shape index (κ3) is 13.4. The minimum absolute atomic E-state index is 0.768. The van der Waals surface area contributed by atoms with Crippen molar-refractivity contribution in [1.82, 2.24) is 5.32 Å². The Bertz CT molecular complexity index is 129. The Hall–Kier alpha value is -0.570. The topological polar surface area (TPSA) is 38.3 Å². The number of carbonyl (C=O) groups excluding carboxylic acids is 1. The molecule has 0 aromatic heterocycles. The lowest BCUT2D eigenvalue weighted by atomic mass is 10.1. The van der Waals surface area contributed by atoms with Crippen LogP contribution in [0.1, 0.15) is 51.4 Å². The fraction of sp³-hybridized carbons (Fsp3) is 0.833. The number of amides is 1. The van der Waals surface area contributed by atoms with Crippen molar-refractivity contribution in [1.29, 1.82) is 0 Å². The SMILES string of the molecule is [CH2]OCCCCCCCCCCN[C]=O. The maximum Gasteiger partial charge on any atom is 0.309 e. The first kappa shape index (κ1) is 14.4. The lowest BCUT2D eigenvalue weighted by Crippen LogP contribution is -2.11. The molecule has 3 heteroatoms. The van der Waals surface area contributed by atoms with Crippen molar-refractivity contribution in [2.45, 2.75) is 51.4 Å². The van der Waals surface area contributed by atoms with E-state index in [2.05, 4.69) is 12.4 Å². The average Bonchev–Trinajstić information content (AvgIpc) is 2.26. The summed E-state index contributed by atoms with van der Waals surface area (Å²) < 4.78 is 4.74. The zero-order valence-corrected chi connectivity index (χ0v) is 9.59. The molecule has 0 spiro atoms. The summed E-state index contributed by atoms with van der Waals surface area (Å²) in [5.41, 5.74) is 0. The molecular weight excluding hydrogens is 190 g/mol. The standard InChI is InChI=1S/C12H23NO2/c1-15-11-9-7-5-3-2-4-6-8-10-13-12-14/h1-11H2,(H,13,14). The van der Waals surface area contributed by atoms with Gasteiger partial charge < -0.3 is 10.1 Å². The maximum absolute atomic E-state index is 9.81. The molecule has 2 radical (unpaired) electrons. The van der Waals surface area contributed by atoms with Crippen molar-refractivity contribution >= 4 is 6.41 Å². The summed E-state index contributed by atoms with van der Waals surface area (Å²) >= 11 is 0. The molecule has 0 saturated carbocycles. The van der Waals surface area contributed by atoms with E-state index in [0.717, 1.165) is 26.0 Å². The van der Waals surface area contributed by atoms with E-state index in [1.807, 2.05) is 0 Å². The molecule has 3 nitrogen and oxygen atoms in total. The van der Waals surface area contributed by atoms with Crippen LogP contribution in [0.5, 0.6) is 0 Å². The molecule has 0 unspecified atom stereocenters. The quantitative estimate of drug-likeness (QED) is 0.400. The molecule has 1 N–H and O–H groups in total. The van der Waals surface area contributed by atoms with Gasteiger partial charge in [0.1, 0.15) is 0 Å². The smallest absolute Gasteiger partial charge is 0.309 e. The first-order valence-corrected chi connectivity index (χ1v) is 5.89. The number of unbranched alkanes of at least 4 members (excludes halogenated alkanes) is 7. The summed E-state index contributed by atoms with van der Waals surface area (Å²) in [6, 6.07) is 0. The van der Waals surface area contributed by atoms with Crippen LogP contribution in [-0.4, -0.2) is 19.6 Å². The number of nitrogens with one attached hydrogen (secondary N) is 1.